The summed E-state index contributed by atoms with van der Waals surface area (Å²) in [5.74, 6) is 1.26. The second-order valence-electron chi connectivity index (χ2n) is 6.05. The molecule has 0 spiro atoms. The Bertz CT molecular complexity index is 941. The van der Waals surface area contributed by atoms with E-state index in [1.807, 2.05) is 24.3 Å². The highest BCUT2D eigenvalue weighted by Gasteiger charge is 2.14. The van der Waals surface area contributed by atoms with Crippen LogP contribution in [0.15, 0.2) is 51.7 Å². The number of rotatable bonds is 7. The molecule has 3 aromatic rings. The molecule has 0 saturated carbocycles. The van der Waals surface area contributed by atoms with Crippen molar-refractivity contribution in [3.63, 3.8) is 0 Å². The number of aromatic hydroxyl groups is 1. The average Bonchev–Trinajstić information content (AvgIpc) is 2.65. The summed E-state index contributed by atoms with van der Waals surface area (Å²) in [4.78, 5) is 12.4. The minimum Gasteiger partial charge on any atom is -0.504 e. The van der Waals surface area contributed by atoms with Crippen LogP contribution in [-0.2, 0) is 0 Å². The molecule has 1 N–H and O–H groups in total. The molecular formula is C21H22O5. The SMILES string of the molecule is CCCCCOc1ccc(-c2cc(=O)c3ccc(O)c(OC)c3o2)cc1. The summed E-state index contributed by atoms with van der Waals surface area (Å²) in [5, 5.41) is 10.3. The summed E-state index contributed by atoms with van der Waals surface area (Å²) in [6.07, 6.45) is 3.33. The van der Waals surface area contributed by atoms with E-state index in [4.69, 9.17) is 13.9 Å². The molecule has 0 aliphatic carbocycles. The number of benzene rings is 2. The smallest absolute Gasteiger partial charge is 0.204 e. The molecule has 2 aromatic carbocycles. The van der Waals surface area contributed by atoms with Gasteiger partial charge in [-0.2, -0.15) is 0 Å². The Labute approximate surface area is 151 Å². The van der Waals surface area contributed by atoms with Gasteiger partial charge in [0.1, 0.15) is 11.5 Å². The molecule has 0 atom stereocenters. The Morgan fingerprint density at radius 1 is 1.08 bits per heavy atom. The lowest BCUT2D eigenvalue weighted by Crippen LogP contribution is -2.01. The quantitative estimate of drug-likeness (QED) is 0.621. The van der Waals surface area contributed by atoms with Crippen LogP contribution >= 0.6 is 0 Å². The van der Waals surface area contributed by atoms with Gasteiger partial charge in [-0.05, 0) is 42.8 Å². The van der Waals surface area contributed by atoms with Gasteiger partial charge in [0.2, 0.25) is 5.75 Å². The number of ether oxygens (including phenoxy) is 2. The molecule has 26 heavy (non-hydrogen) atoms. The first-order valence-electron chi connectivity index (χ1n) is 8.71. The molecule has 136 valence electrons. The molecule has 0 bridgehead atoms. The molecule has 1 aromatic heterocycles. The molecule has 0 fully saturated rings. The predicted molar refractivity (Wildman–Crippen MR) is 101 cm³/mol. The lowest BCUT2D eigenvalue weighted by atomic mass is 10.1. The van der Waals surface area contributed by atoms with Crippen molar-refractivity contribution in [2.24, 2.45) is 0 Å². The molecule has 5 nitrogen and oxygen atoms in total. The largest absolute Gasteiger partial charge is 0.504 e. The van der Waals surface area contributed by atoms with Crippen molar-refractivity contribution in [1.82, 2.24) is 0 Å². The van der Waals surface area contributed by atoms with Gasteiger partial charge in [-0.15, -0.1) is 0 Å². The van der Waals surface area contributed by atoms with Gasteiger partial charge in [-0.25, -0.2) is 0 Å². The first kappa shape index (κ1) is 17.9. The Balaban J connectivity index is 1.91. The Morgan fingerprint density at radius 3 is 2.54 bits per heavy atom. The van der Waals surface area contributed by atoms with Gasteiger partial charge in [0.15, 0.2) is 16.8 Å². The van der Waals surface area contributed by atoms with E-state index in [-0.39, 0.29) is 22.5 Å². The van der Waals surface area contributed by atoms with Gasteiger partial charge in [-0.3, -0.25) is 4.79 Å². The van der Waals surface area contributed by atoms with Crippen LogP contribution in [0.1, 0.15) is 26.2 Å². The second kappa shape index (κ2) is 7.95. The maximum absolute atomic E-state index is 12.4. The molecule has 1 heterocycles. The summed E-state index contributed by atoms with van der Waals surface area (Å²) >= 11 is 0. The van der Waals surface area contributed by atoms with Crippen LogP contribution in [0.3, 0.4) is 0 Å². The highest BCUT2D eigenvalue weighted by Crippen LogP contribution is 2.35. The molecule has 0 amide bonds. The van der Waals surface area contributed by atoms with Crippen molar-refractivity contribution in [2.45, 2.75) is 26.2 Å². The molecule has 0 saturated heterocycles. The van der Waals surface area contributed by atoms with E-state index in [1.54, 1.807) is 0 Å². The van der Waals surface area contributed by atoms with Gasteiger partial charge in [0.05, 0.1) is 19.1 Å². The average molecular weight is 354 g/mol. The number of phenols is 1. The summed E-state index contributed by atoms with van der Waals surface area (Å²) in [7, 11) is 1.42. The van der Waals surface area contributed by atoms with E-state index < -0.39 is 0 Å². The summed E-state index contributed by atoms with van der Waals surface area (Å²) in [6.45, 7) is 2.84. The lowest BCUT2D eigenvalue weighted by molar-refractivity contribution is 0.306. The number of unbranched alkanes of at least 4 members (excludes halogenated alkanes) is 2. The number of hydrogen-bond donors (Lipinski definition) is 1. The summed E-state index contributed by atoms with van der Waals surface area (Å²) in [6, 6.07) is 11.8. The fourth-order valence-corrected chi connectivity index (χ4v) is 2.78. The van der Waals surface area contributed by atoms with E-state index in [1.165, 1.54) is 25.3 Å². The molecule has 0 unspecified atom stereocenters. The standard InChI is InChI=1S/C21H22O5/c1-3-4-5-12-25-15-8-6-14(7-9-15)19-13-18(23)16-10-11-17(22)21(24-2)20(16)26-19/h6-11,13,22H,3-5,12H2,1-2H3. The molecule has 5 heteroatoms. The first-order valence-corrected chi connectivity index (χ1v) is 8.71. The minimum atomic E-state index is -0.195. The van der Waals surface area contributed by atoms with E-state index in [2.05, 4.69) is 6.92 Å². The van der Waals surface area contributed by atoms with Crippen molar-refractivity contribution < 1.29 is 19.0 Å². The first-order chi connectivity index (χ1) is 12.6. The zero-order valence-electron chi connectivity index (χ0n) is 15.0. The Hall–Kier alpha value is -2.95. The van der Waals surface area contributed by atoms with Crippen LogP contribution in [0.2, 0.25) is 0 Å². The van der Waals surface area contributed by atoms with Crippen molar-refractivity contribution in [1.29, 1.82) is 0 Å². The maximum atomic E-state index is 12.4. The van der Waals surface area contributed by atoms with E-state index in [0.29, 0.717) is 17.8 Å². The highest BCUT2D eigenvalue weighted by molar-refractivity contribution is 5.86. The van der Waals surface area contributed by atoms with Crippen LogP contribution in [0, 0.1) is 0 Å². The number of fused-ring (bicyclic) bond motifs is 1. The van der Waals surface area contributed by atoms with E-state index in [0.717, 1.165) is 30.6 Å². The topological polar surface area (TPSA) is 68.9 Å². The van der Waals surface area contributed by atoms with Gasteiger partial charge >= 0.3 is 0 Å². The summed E-state index contributed by atoms with van der Waals surface area (Å²) < 4.78 is 16.7. The number of hydrogen-bond acceptors (Lipinski definition) is 5. The van der Waals surface area contributed by atoms with Crippen LogP contribution in [0.5, 0.6) is 17.2 Å². The fraction of sp³-hybridized carbons (Fsp3) is 0.286. The van der Waals surface area contributed by atoms with Crippen LogP contribution in [0.4, 0.5) is 0 Å². The monoisotopic (exact) mass is 354 g/mol. The van der Waals surface area contributed by atoms with Crippen molar-refractivity contribution in [3.8, 4) is 28.6 Å². The van der Waals surface area contributed by atoms with Gasteiger partial charge in [0.25, 0.3) is 0 Å². The highest BCUT2D eigenvalue weighted by atomic mass is 16.5. The minimum absolute atomic E-state index is 0.0730. The number of phenolic OH excluding ortho intramolecular Hbond substituents is 1. The zero-order valence-corrected chi connectivity index (χ0v) is 15.0. The van der Waals surface area contributed by atoms with Gasteiger partial charge in [-0.1, -0.05) is 19.8 Å². The lowest BCUT2D eigenvalue weighted by Gasteiger charge is -2.09. The predicted octanol–water partition coefficient (Wildman–Crippen LogP) is 4.74. The van der Waals surface area contributed by atoms with Crippen LogP contribution < -0.4 is 14.9 Å². The molecular weight excluding hydrogens is 332 g/mol. The van der Waals surface area contributed by atoms with Gasteiger partial charge < -0.3 is 19.0 Å². The Morgan fingerprint density at radius 2 is 1.85 bits per heavy atom. The Kier molecular flexibility index (Phi) is 5.46. The molecule has 0 aliphatic heterocycles. The normalized spacial score (nSPS) is 10.8. The summed E-state index contributed by atoms with van der Waals surface area (Å²) in [5.41, 5.74) is 0.782. The molecule has 3 rings (SSSR count). The number of methoxy groups -OCH3 is 1. The fourth-order valence-electron chi connectivity index (χ4n) is 2.78. The van der Waals surface area contributed by atoms with Crippen LogP contribution in [-0.4, -0.2) is 18.8 Å². The third-order valence-corrected chi connectivity index (χ3v) is 4.19. The van der Waals surface area contributed by atoms with E-state index in [9.17, 15) is 9.90 Å². The second-order valence-corrected chi connectivity index (χ2v) is 6.05. The van der Waals surface area contributed by atoms with E-state index >= 15 is 0 Å². The zero-order chi connectivity index (χ0) is 18.5. The van der Waals surface area contributed by atoms with Gasteiger partial charge in [0, 0.05) is 11.6 Å². The third kappa shape index (κ3) is 3.67. The maximum Gasteiger partial charge on any atom is 0.204 e. The van der Waals surface area contributed by atoms with Crippen molar-refractivity contribution in [3.05, 3.63) is 52.7 Å². The molecule has 0 radical (unpaired) electrons. The van der Waals surface area contributed by atoms with Crippen LogP contribution in [0.25, 0.3) is 22.3 Å². The van der Waals surface area contributed by atoms with Crippen molar-refractivity contribution in [2.75, 3.05) is 13.7 Å². The third-order valence-electron chi connectivity index (χ3n) is 4.19. The molecule has 0 aliphatic rings. The van der Waals surface area contributed by atoms with Crippen molar-refractivity contribution >= 4 is 11.0 Å².